The average Bonchev–Trinajstić information content (AvgIpc) is 2.32. The van der Waals surface area contributed by atoms with Crippen molar-refractivity contribution in [2.24, 2.45) is 0 Å². The molecule has 90 valence electrons. The van der Waals surface area contributed by atoms with Gasteiger partial charge in [-0.1, -0.05) is 25.4 Å². The first-order valence-electron chi connectivity index (χ1n) is 5.87. The van der Waals surface area contributed by atoms with E-state index in [0.29, 0.717) is 0 Å². The van der Waals surface area contributed by atoms with Crippen LogP contribution in [0.1, 0.15) is 20.3 Å². The Bertz CT molecular complexity index is 282. The van der Waals surface area contributed by atoms with Crippen molar-refractivity contribution in [3.8, 4) is 0 Å². The van der Waals surface area contributed by atoms with Crippen LogP contribution in [0.3, 0.4) is 0 Å². The molecular formula is C13H20ClNS. The SMILES string of the molecule is CCN(CC)CCCSc1ccc(Cl)cc1. The van der Waals surface area contributed by atoms with Crippen molar-refractivity contribution in [2.75, 3.05) is 25.4 Å². The molecule has 1 nitrogen and oxygen atoms in total. The number of benzene rings is 1. The van der Waals surface area contributed by atoms with Gasteiger partial charge in [0, 0.05) is 9.92 Å². The third-order valence-corrected chi connectivity index (χ3v) is 3.95. The Labute approximate surface area is 108 Å². The van der Waals surface area contributed by atoms with Crippen molar-refractivity contribution in [1.82, 2.24) is 4.90 Å². The fourth-order valence-electron chi connectivity index (χ4n) is 1.55. The summed E-state index contributed by atoms with van der Waals surface area (Å²) in [5.74, 6) is 1.18. The van der Waals surface area contributed by atoms with Crippen molar-refractivity contribution < 1.29 is 0 Å². The van der Waals surface area contributed by atoms with Gasteiger partial charge in [-0.15, -0.1) is 11.8 Å². The van der Waals surface area contributed by atoms with Crippen molar-refractivity contribution in [1.29, 1.82) is 0 Å². The summed E-state index contributed by atoms with van der Waals surface area (Å²) < 4.78 is 0. The Morgan fingerprint density at radius 2 is 1.75 bits per heavy atom. The molecule has 0 aliphatic carbocycles. The number of thioether (sulfide) groups is 1. The van der Waals surface area contributed by atoms with E-state index < -0.39 is 0 Å². The fraction of sp³-hybridized carbons (Fsp3) is 0.538. The van der Waals surface area contributed by atoms with E-state index in [1.807, 2.05) is 23.9 Å². The Kier molecular flexibility index (Phi) is 6.93. The van der Waals surface area contributed by atoms with Crippen molar-refractivity contribution in [3.63, 3.8) is 0 Å². The Balaban J connectivity index is 2.18. The molecule has 0 unspecified atom stereocenters. The molecule has 0 N–H and O–H groups in total. The van der Waals surface area contributed by atoms with E-state index in [4.69, 9.17) is 11.6 Å². The number of rotatable bonds is 7. The molecule has 0 radical (unpaired) electrons. The molecular weight excluding hydrogens is 238 g/mol. The van der Waals surface area contributed by atoms with Crippen LogP contribution in [0.5, 0.6) is 0 Å². The third kappa shape index (κ3) is 5.24. The molecule has 3 heteroatoms. The van der Waals surface area contributed by atoms with E-state index in [9.17, 15) is 0 Å². The first-order valence-corrected chi connectivity index (χ1v) is 7.23. The van der Waals surface area contributed by atoms with Gasteiger partial charge >= 0.3 is 0 Å². The second-order valence-electron chi connectivity index (χ2n) is 3.68. The van der Waals surface area contributed by atoms with Crippen LogP contribution in [0.25, 0.3) is 0 Å². The quantitative estimate of drug-likeness (QED) is 0.533. The lowest BCUT2D eigenvalue weighted by atomic mass is 10.4. The summed E-state index contributed by atoms with van der Waals surface area (Å²) in [5, 5.41) is 0.812. The molecule has 0 saturated carbocycles. The van der Waals surface area contributed by atoms with Gasteiger partial charge < -0.3 is 4.90 Å². The van der Waals surface area contributed by atoms with E-state index in [2.05, 4.69) is 30.9 Å². The van der Waals surface area contributed by atoms with Crippen LogP contribution in [0, 0.1) is 0 Å². The maximum absolute atomic E-state index is 5.84. The highest BCUT2D eigenvalue weighted by Crippen LogP contribution is 2.20. The molecule has 1 rings (SSSR count). The predicted molar refractivity (Wildman–Crippen MR) is 74.6 cm³/mol. The molecule has 1 aromatic carbocycles. The van der Waals surface area contributed by atoms with Crippen LogP contribution in [0.2, 0.25) is 5.02 Å². The fourth-order valence-corrected chi connectivity index (χ4v) is 2.51. The first kappa shape index (κ1) is 13.9. The largest absolute Gasteiger partial charge is 0.304 e. The summed E-state index contributed by atoms with van der Waals surface area (Å²) in [5.41, 5.74) is 0. The normalized spacial score (nSPS) is 11.0. The topological polar surface area (TPSA) is 3.24 Å². The molecule has 0 bridgehead atoms. The highest BCUT2D eigenvalue weighted by atomic mass is 35.5. The smallest absolute Gasteiger partial charge is 0.0406 e. The number of nitrogens with zero attached hydrogens (tertiary/aromatic N) is 1. The lowest BCUT2D eigenvalue weighted by Gasteiger charge is -2.17. The van der Waals surface area contributed by atoms with Gasteiger partial charge in [0.15, 0.2) is 0 Å². The minimum atomic E-state index is 0.812. The molecule has 16 heavy (non-hydrogen) atoms. The molecule has 0 amide bonds. The Morgan fingerprint density at radius 1 is 1.12 bits per heavy atom. The van der Waals surface area contributed by atoms with Crippen LogP contribution in [-0.4, -0.2) is 30.3 Å². The number of hydrogen-bond donors (Lipinski definition) is 0. The molecule has 0 aromatic heterocycles. The summed E-state index contributed by atoms with van der Waals surface area (Å²) >= 11 is 7.74. The standard InChI is InChI=1S/C13H20ClNS/c1-3-15(4-2)10-5-11-16-13-8-6-12(14)7-9-13/h6-9H,3-5,10-11H2,1-2H3. The van der Waals surface area contributed by atoms with Gasteiger partial charge in [-0.2, -0.15) is 0 Å². The van der Waals surface area contributed by atoms with Gasteiger partial charge in [0.2, 0.25) is 0 Å². The molecule has 0 aliphatic rings. The lowest BCUT2D eigenvalue weighted by Crippen LogP contribution is -2.24. The predicted octanol–water partition coefficient (Wildman–Crippen LogP) is 4.16. The van der Waals surface area contributed by atoms with Gasteiger partial charge in [-0.3, -0.25) is 0 Å². The zero-order chi connectivity index (χ0) is 11.8. The zero-order valence-electron chi connectivity index (χ0n) is 10.1. The van der Waals surface area contributed by atoms with Crippen molar-refractivity contribution >= 4 is 23.4 Å². The molecule has 0 aliphatic heterocycles. The molecule has 0 fully saturated rings. The Morgan fingerprint density at radius 3 is 2.31 bits per heavy atom. The van der Waals surface area contributed by atoms with Crippen LogP contribution < -0.4 is 0 Å². The molecule has 1 aromatic rings. The lowest BCUT2D eigenvalue weighted by molar-refractivity contribution is 0.305. The van der Waals surface area contributed by atoms with Gasteiger partial charge in [-0.05, 0) is 56.1 Å². The molecule has 0 spiro atoms. The second kappa shape index (κ2) is 7.99. The summed E-state index contributed by atoms with van der Waals surface area (Å²) in [6.45, 7) is 7.95. The summed E-state index contributed by atoms with van der Waals surface area (Å²) in [4.78, 5) is 3.77. The zero-order valence-corrected chi connectivity index (χ0v) is 11.7. The minimum absolute atomic E-state index is 0.812. The average molecular weight is 258 g/mol. The maximum atomic E-state index is 5.84. The molecule has 0 saturated heterocycles. The highest BCUT2D eigenvalue weighted by molar-refractivity contribution is 7.99. The van der Waals surface area contributed by atoms with Crippen LogP contribution in [0.4, 0.5) is 0 Å². The molecule has 0 atom stereocenters. The Hall–Kier alpha value is -0.180. The first-order chi connectivity index (χ1) is 7.76. The highest BCUT2D eigenvalue weighted by Gasteiger charge is 1.99. The van der Waals surface area contributed by atoms with Crippen LogP contribution >= 0.6 is 23.4 Å². The monoisotopic (exact) mass is 257 g/mol. The van der Waals surface area contributed by atoms with E-state index in [0.717, 1.165) is 18.1 Å². The minimum Gasteiger partial charge on any atom is -0.304 e. The van der Waals surface area contributed by atoms with Gasteiger partial charge in [0.25, 0.3) is 0 Å². The van der Waals surface area contributed by atoms with E-state index in [-0.39, 0.29) is 0 Å². The molecule has 0 heterocycles. The summed E-state index contributed by atoms with van der Waals surface area (Å²) in [7, 11) is 0. The number of hydrogen-bond acceptors (Lipinski definition) is 2. The maximum Gasteiger partial charge on any atom is 0.0406 e. The van der Waals surface area contributed by atoms with Crippen molar-refractivity contribution in [3.05, 3.63) is 29.3 Å². The van der Waals surface area contributed by atoms with Gasteiger partial charge in [-0.25, -0.2) is 0 Å². The summed E-state index contributed by atoms with van der Waals surface area (Å²) in [6, 6.07) is 8.08. The summed E-state index contributed by atoms with van der Waals surface area (Å²) in [6.07, 6.45) is 1.25. The van der Waals surface area contributed by atoms with Gasteiger partial charge in [0.05, 0.1) is 0 Å². The van der Waals surface area contributed by atoms with E-state index >= 15 is 0 Å². The van der Waals surface area contributed by atoms with Crippen LogP contribution in [-0.2, 0) is 0 Å². The van der Waals surface area contributed by atoms with Gasteiger partial charge in [0.1, 0.15) is 0 Å². The number of halogens is 1. The van der Waals surface area contributed by atoms with Crippen LogP contribution in [0.15, 0.2) is 29.2 Å². The van der Waals surface area contributed by atoms with Crippen molar-refractivity contribution in [2.45, 2.75) is 25.2 Å². The van der Waals surface area contributed by atoms with E-state index in [1.54, 1.807) is 0 Å². The van der Waals surface area contributed by atoms with E-state index in [1.165, 1.54) is 23.6 Å². The third-order valence-electron chi connectivity index (χ3n) is 2.60. The second-order valence-corrected chi connectivity index (χ2v) is 5.29.